The van der Waals surface area contributed by atoms with Crippen LogP contribution in [0.5, 0.6) is 0 Å². The zero-order valence-corrected chi connectivity index (χ0v) is 22.6. The summed E-state index contributed by atoms with van der Waals surface area (Å²) in [5, 5.41) is 3.57. The van der Waals surface area contributed by atoms with Crippen LogP contribution in [0.25, 0.3) is 6.08 Å². The number of guanidine groups is 1. The minimum Gasteiger partial charge on any atom is -0.381 e. The number of hydrogen-bond donors (Lipinski definition) is 1. The fraction of sp³-hybridized carbons (Fsp3) is 0.654. The second kappa shape index (κ2) is 13.7. The average Bonchev–Trinajstić information content (AvgIpc) is 3.40. The van der Waals surface area contributed by atoms with Crippen LogP contribution in [-0.4, -0.2) is 98.3 Å². The molecule has 0 aromatic heterocycles. The molecule has 6 nitrogen and oxygen atoms in total. The summed E-state index contributed by atoms with van der Waals surface area (Å²) < 4.78 is 5.71. The monoisotopic (exact) mass is 567 g/mol. The van der Waals surface area contributed by atoms with Crippen molar-refractivity contribution in [2.24, 2.45) is 4.99 Å². The third kappa shape index (κ3) is 7.41. The molecule has 3 saturated heterocycles. The number of ether oxygens (including phenoxy) is 1. The van der Waals surface area contributed by atoms with Crippen molar-refractivity contribution in [3.8, 4) is 0 Å². The van der Waals surface area contributed by atoms with Crippen molar-refractivity contribution in [1.82, 2.24) is 20.0 Å². The van der Waals surface area contributed by atoms with E-state index in [2.05, 4.69) is 69.4 Å². The van der Waals surface area contributed by atoms with Gasteiger partial charge in [-0.15, -0.1) is 24.0 Å². The van der Waals surface area contributed by atoms with Crippen LogP contribution in [-0.2, 0) is 4.74 Å². The van der Waals surface area contributed by atoms with Crippen LogP contribution in [0.4, 0.5) is 0 Å². The lowest BCUT2D eigenvalue weighted by atomic mass is 9.88. The summed E-state index contributed by atoms with van der Waals surface area (Å²) in [5.74, 6) is 1.09. The van der Waals surface area contributed by atoms with Crippen LogP contribution in [0.3, 0.4) is 0 Å². The summed E-state index contributed by atoms with van der Waals surface area (Å²) in [6.07, 6.45) is 9.38. The van der Waals surface area contributed by atoms with Gasteiger partial charge in [0.2, 0.25) is 0 Å². The van der Waals surface area contributed by atoms with Gasteiger partial charge in [0, 0.05) is 58.0 Å². The first-order valence-corrected chi connectivity index (χ1v) is 12.6. The van der Waals surface area contributed by atoms with Gasteiger partial charge in [-0.2, -0.15) is 0 Å². The smallest absolute Gasteiger partial charge is 0.194 e. The Bertz CT molecular complexity index is 736. The maximum atomic E-state index is 5.71. The van der Waals surface area contributed by atoms with E-state index >= 15 is 0 Å². The van der Waals surface area contributed by atoms with Crippen molar-refractivity contribution in [2.45, 2.75) is 38.1 Å². The van der Waals surface area contributed by atoms with Gasteiger partial charge in [0.25, 0.3) is 0 Å². The van der Waals surface area contributed by atoms with Crippen LogP contribution in [0.1, 0.15) is 38.2 Å². The van der Waals surface area contributed by atoms with Gasteiger partial charge in [0.05, 0.1) is 6.54 Å². The second-order valence-electron chi connectivity index (χ2n) is 9.30. The lowest BCUT2D eigenvalue weighted by Crippen LogP contribution is -2.55. The minimum atomic E-state index is 0. The summed E-state index contributed by atoms with van der Waals surface area (Å²) in [4.78, 5) is 12.9. The van der Waals surface area contributed by atoms with Gasteiger partial charge in [-0.05, 0) is 51.3 Å². The third-order valence-corrected chi connectivity index (χ3v) is 7.20. The Morgan fingerprint density at radius 1 is 1.03 bits per heavy atom. The summed E-state index contributed by atoms with van der Waals surface area (Å²) in [5.41, 5.74) is 1.46. The molecule has 0 radical (unpaired) electrons. The van der Waals surface area contributed by atoms with Gasteiger partial charge in [-0.25, -0.2) is 0 Å². The van der Waals surface area contributed by atoms with Gasteiger partial charge in [-0.1, -0.05) is 42.5 Å². The van der Waals surface area contributed by atoms with E-state index < -0.39 is 0 Å². The van der Waals surface area contributed by atoms with Gasteiger partial charge < -0.3 is 15.0 Å². The molecule has 0 unspecified atom stereocenters. The lowest BCUT2D eigenvalue weighted by molar-refractivity contribution is -0.0140. The zero-order chi connectivity index (χ0) is 22.1. The molecule has 4 rings (SSSR count). The highest BCUT2D eigenvalue weighted by molar-refractivity contribution is 14.0. The van der Waals surface area contributed by atoms with E-state index in [0.29, 0.717) is 0 Å². The van der Waals surface area contributed by atoms with E-state index in [1.165, 1.54) is 31.5 Å². The number of benzene rings is 1. The van der Waals surface area contributed by atoms with Crippen molar-refractivity contribution in [1.29, 1.82) is 0 Å². The van der Waals surface area contributed by atoms with Gasteiger partial charge >= 0.3 is 0 Å². The van der Waals surface area contributed by atoms with Crippen LogP contribution >= 0.6 is 24.0 Å². The summed E-state index contributed by atoms with van der Waals surface area (Å²) in [6.45, 7) is 13.4. The van der Waals surface area contributed by atoms with E-state index in [0.717, 1.165) is 77.8 Å². The first-order valence-electron chi connectivity index (χ1n) is 12.6. The predicted octanol–water partition coefficient (Wildman–Crippen LogP) is 3.55. The first kappa shape index (κ1) is 26.4. The molecule has 184 valence electrons. The number of halogens is 1. The van der Waals surface area contributed by atoms with E-state index in [9.17, 15) is 0 Å². The molecule has 1 N–H and O–H groups in total. The van der Waals surface area contributed by atoms with Crippen molar-refractivity contribution in [2.75, 3.05) is 72.1 Å². The fourth-order valence-corrected chi connectivity index (χ4v) is 5.21. The summed E-state index contributed by atoms with van der Waals surface area (Å²) in [6, 6.07) is 10.6. The number of piperazine rings is 1. The van der Waals surface area contributed by atoms with Crippen molar-refractivity contribution >= 4 is 36.0 Å². The molecule has 33 heavy (non-hydrogen) atoms. The molecule has 1 aromatic rings. The molecule has 0 aliphatic carbocycles. The highest BCUT2D eigenvalue weighted by Crippen LogP contribution is 2.31. The summed E-state index contributed by atoms with van der Waals surface area (Å²) >= 11 is 0. The number of hydrogen-bond acceptors (Lipinski definition) is 4. The van der Waals surface area contributed by atoms with Gasteiger partial charge in [-0.3, -0.25) is 14.8 Å². The largest absolute Gasteiger partial charge is 0.381 e. The molecule has 0 saturated carbocycles. The topological polar surface area (TPSA) is 43.3 Å². The van der Waals surface area contributed by atoms with Gasteiger partial charge in [0.1, 0.15) is 0 Å². The normalized spacial score (nSPS) is 22.5. The predicted molar refractivity (Wildman–Crippen MR) is 148 cm³/mol. The Balaban J connectivity index is 0.00000306. The van der Waals surface area contributed by atoms with E-state index in [1.807, 2.05) is 0 Å². The van der Waals surface area contributed by atoms with Crippen LogP contribution in [0.2, 0.25) is 0 Å². The molecule has 0 amide bonds. The van der Waals surface area contributed by atoms with Crippen molar-refractivity contribution in [3.05, 3.63) is 42.0 Å². The number of nitrogens with zero attached hydrogens (tertiary/aromatic N) is 4. The maximum absolute atomic E-state index is 5.71. The van der Waals surface area contributed by atoms with Crippen LogP contribution < -0.4 is 5.32 Å². The Morgan fingerprint density at radius 2 is 1.73 bits per heavy atom. The number of nitrogens with one attached hydrogen (secondary N) is 1. The first-order chi connectivity index (χ1) is 15.8. The number of aliphatic imine (C=N–C) groups is 1. The highest BCUT2D eigenvalue weighted by atomic mass is 127. The van der Waals surface area contributed by atoms with Crippen molar-refractivity contribution in [3.63, 3.8) is 0 Å². The Hall–Kier alpha value is -1.16. The van der Waals surface area contributed by atoms with E-state index in [4.69, 9.17) is 9.73 Å². The Labute approximate surface area is 217 Å². The zero-order valence-electron chi connectivity index (χ0n) is 20.3. The molecule has 3 aliphatic heterocycles. The van der Waals surface area contributed by atoms with Crippen LogP contribution in [0.15, 0.2) is 41.4 Å². The Kier molecular flexibility index (Phi) is 10.9. The van der Waals surface area contributed by atoms with Crippen LogP contribution in [0, 0.1) is 0 Å². The van der Waals surface area contributed by atoms with E-state index in [-0.39, 0.29) is 29.5 Å². The average molecular weight is 568 g/mol. The Morgan fingerprint density at radius 3 is 2.39 bits per heavy atom. The fourth-order valence-electron chi connectivity index (χ4n) is 5.21. The minimum absolute atomic E-state index is 0. The molecule has 3 fully saturated rings. The van der Waals surface area contributed by atoms with Gasteiger partial charge in [0.15, 0.2) is 5.96 Å². The SMILES string of the molecule is CCNC(=NCC1(N2CCCC2)CCOCC1)N1CCN(C/C=C/c2ccccc2)CC1.I. The molecular formula is C26H42IN5O. The molecule has 3 heterocycles. The maximum Gasteiger partial charge on any atom is 0.194 e. The standard InChI is InChI=1S/C26H41N5O.HI/c1-2-27-25(28-23-26(12-21-32-22-13-26)31-15-6-7-16-31)30-19-17-29(18-20-30)14-8-11-24-9-4-3-5-10-24;/h3-5,8-11H,2,6-7,12-23H2,1H3,(H,27,28);1H/b11-8+;. The third-order valence-electron chi connectivity index (χ3n) is 7.20. The number of likely N-dealkylation sites (tertiary alicyclic amines) is 1. The van der Waals surface area contributed by atoms with E-state index in [1.54, 1.807) is 0 Å². The summed E-state index contributed by atoms with van der Waals surface area (Å²) in [7, 11) is 0. The quantitative estimate of drug-likeness (QED) is 0.310. The molecule has 1 aromatic carbocycles. The second-order valence-corrected chi connectivity index (χ2v) is 9.30. The molecule has 0 atom stereocenters. The molecule has 7 heteroatoms. The van der Waals surface area contributed by atoms with Crippen molar-refractivity contribution < 1.29 is 4.74 Å². The molecular weight excluding hydrogens is 525 g/mol. The molecule has 0 spiro atoms. The molecule has 0 bridgehead atoms. The molecule has 3 aliphatic rings. The lowest BCUT2D eigenvalue weighted by Gasteiger charge is -2.44. The number of rotatable bonds is 7. The highest BCUT2D eigenvalue weighted by Gasteiger charge is 2.39.